The lowest BCUT2D eigenvalue weighted by atomic mass is 9.98. The number of carbonyl (C=O) groups is 2. The van der Waals surface area contributed by atoms with Crippen LogP contribution in [0.25, 0.3) is 0 Å². The maximum absolute atomic E-state index is 13.3. The predicted molar refractivity (Wildman–Crippen MR) is 98.7 cm³/mol. The maximum Gasteiger partial charge on any atom is 0.451 e. The Balaban J connectivity index is 1.72. The molecule has 2 aliphatic heterocycles. The first kappa shape index (κ1) is 24.2. The number of nitrogens with two attached hydrogens (primary N) is 1. The van der Waals surface area contributed by atoms with E-state index in [2.05, 4.69) is 9.97 Å². The van der Waals surface area contributed by atoms with Crippen LogP contribution in [-0.2, 0) is 34.9 Å². The lowest BCUT2D eigenvalue weighted by molar-refractivity contribution is -0.153. The molecule has 2 atom stereocenters. The molecular formula is C19H23F6N5O2. The fourth-order valence-electron chi connectivity index (χ4n) is 3.98. The third-order valence-corrected chi connectivity index (χ3v) is 5.57. The van der Waals surface area contributed by atoms with Gasteiger partial charge < -0.3 is 15.5 Å². The zero-order valence-corrected chi connectivity index (χ0v) is 17.3. The lowest BCUT2D eigenvalue weighted by Gasteiger charge is -2.34. The number of amides is 2. The maximum atomic E-state index is 13.3. The van der Waals surface area contributed by atoms with E-state index in [9.17, 15) is 35.9 Å². The van der Waals surface area contributed by atoms with Crippen LogP contribution < -0.4 is 5.73 Å². The first-order valence-corrected chi connectivity index (χ1v) is 10.1. The molecule has 0 spiro atoms. The van der Waals surface area contributed by atoms with E-state index in [4.69, 9.17) is 5.73 Å². The molecule has 0 unspecified atom stereocenters. The van der Waals surface area contributed by atoms with Crippen LogP contribution in [0, 0.1) is 5.92 Å². The lowest BCUT2D eigenvalue weighted by Crippen LogP contribution is -2.48. The average Bonchev–Trinajstić information content (AvgIpc) is 2.67. The van der Waals surface area contributed by atoms with Gasteiger partial charge in [0.1, 0.15) is 0 Å². The van der Waals surface area contributed by atoms with Crippen molar-refractivity contribution >= 4 is 11.8 Å². The largest absolute Gasteiger partial charge is 0.451 e. The minimum atomic E-state index is -5.16. The molecule has 2 aliphatic rings. The Bertz CT molecular complexity index is 888. The quantitative estimate of drug-likeness (QED) is 0.687. The van der Waals surface area contributed by atoms with Crippen molar-refractivity contribution in [1.29, 1.82) is 0 Å². The third-order valence-electron chi connectivity index (χ3n) is 5.57. The standard InChI is InChI=1S/C19H23F6N5O2/c1-10-2-3-14(31)30(7-10)8-11(26)6-15(32)29-5-4-12-13(9-29)27-17(19(23,24)25)28-16(12)18(20,21)22/h10-11H,2-9,26H2,1H3/t10-,11+/m1/s1. The van der Waals surface area contributed by atoms with Crippen LogP contribution in [0.4, 0.5) is 26.3 Å². The number of nitrogens with zero attached hydrogens (tertiary/aromatic N) is 4. The van der Waals surface area contributed by atoms with E-state index in [0.717, 1.165) is 11.3 Å². The van der Waals surface area contributed by atoms with Crippen LogP contribution in [0.1, 0.15) is 49.0 Å². The van der Waals surface area contributed by atoms with Crippen molar-refractivity contribution in [3.05, 3.63) is 22.8 Å². The number of aromatic nitrogens is 2. The number of hydrogen-bond acceptors (Lipinski definition) is 5. The van der Waals surface area contributed by atoms with Gasteiger partial charge in [-0.1, -0.05) is 6.92 Å². The summed E-state index contributed by atoms with van der Waals surface area (Å²) in [5, 5.41) is 0. The highest BCUT2D eigenvalue weighted by atomic mass is 19.4. The number of halogens is 6. The summed E-state index contributed by atoms with van der Waals surface area (Å²) in [6.07, 6.45) is -9.60. The fourth-order valence-corrected chi connectivity index (χ4v) is 3.98. The van der Waals surface area contributed by atoms with E-state index in [-0.39, 0.29) is 31.8 Å². The van der Waals surface area contributed by atoms with Crippen molar-refractivity contribution in [2.75, 3.05) is 19.6 Å². The van der Waals surface area contributed by atoms with E-state index in [0.29, 0.717) is 18.9 Å². The summed E-state index contributed by atoms with van der Waals surface area (Å²) in [6.45, 7) is 2.03. The van der Waals surface area contributed by atoms with Gasteiger partial charge in [0.2, 0.25) is 17.6 Å². The van der Waals surface area contributed by atoms with Gasteiger partial charge in [-0.3, -0.25) is 9.59 Å². The molecule has 3 heterocycles. The van der Waals surface area contributed by atoms with Gasteiger partial charge in [0.05, 0.1) is 12.2 Å². The van der Waals surface area contributed by atoms with Crippen LogP contribution >= 0.6 is 0 Å². The molecule has 1 aromatic heterocycles. The first-order chi connectivity index (χ1) is 14.8. The molecule has 2 N–H and O–H groups in total. The SMILES string of the molecule is C[C@@H]1CCC(=O)N(C[C@@H](N)CC(=O)N2CCc3c(nc(C(F)(F)F)nc3C(F)(F)F)C2)C1. The van der Waals surface area contributed by atoms with Gasteiger partial charge in [-0.2, -0.15) is 26.3 Å². The summed E-state index contributed by atoms with van der Waals surface area (Å²) in [4.78, 5) is 33.3. The molecule has 1 fully saturated rings. The number of likely N-dealkylation sites (tertiary alicyclic amines) is 1. The second kappa shape index (κ2) is 8.83. The minimum Gasteiger partial charge on any atom is -0.341 e. The van der Waals surface area contributed by atoms with Crippen molar-refractivity contribution in [2.45, 2.75) is 57.5 Å². The third kappa shape index (κ3) is 5.48. The second-order valence-electron chi connectivity index (χ2n) is 8.29. The van der Waals surface area contributed by atoms with Crippen molar-refractivity contribution in [3.8, 4) is 0 Å². The second-order valence-corrected chi connectivity index (χ2v) is 8.29. The van der Waals surface area contributed by atoms with Crippen LogP contribution in [0.2, 0.25) is 0 Å². The van der Waals surface area contributed by atoms with E-state index >= 15 is 0 Å². The molecule has 1 aromatic rings. The predicted octanol–water partition coefficient (Wildman–Crippen LogP) is 2.37. The van der Waals surface area contributed by atoms with Crippen molar-refractivity contribution < 1.29 is 35.9 Å². The van der Waals surface area contributed by atoms with E-state index in [1.54, 1.807) is 4.90 Å². The normalized spacial score (nSPS) is 20.9. The van der Waals surface area contributed by atoms with Gasteiger partial charge in [-0.05, 0) is 18.8 Å². The van der Waals surface area contributed by atoms with Crippen LogP contribution in [0.15, 0.2) is 0 Å². The van der Waals surface area contributed by atoms with Gasteiger partial charge in [-0.25, -0.2) is 9.97 Å². The number of rotatable bonds is 4. The highest BCUT2D eigenvalue weighted by Crippen LogP contribution is 2.36. The van der Waals surface area contributed by atoms with Gasteiger partial charge in [-0.15, -0.1) is 0 Å². The Morgan fingerprint density at radius 2 is 1.84 bits per heavy atom. The molecule has 32 heavy (non-hydrogen) atoms. The molecule has 0 bridgehead atoms. The summed E-state index contributed by atoms with van der Waals surface area (Å²) >= 11 is 0. The minimum absolute atomic E-state index is 0.0611. The zero-order valence-electron chi connectivity index (χ0n) is 17.3. The Kier molecular flexibility index (Phi) is 6.68. The van der Waals surface area contributed by atoms with E-state index in [1.165, 1.54) is 0 Å². The Labute approximate surface area is 180 Å². The Morgan fingerprint density at radius 1 is 1.16 bits per heavy atom. The summed E-state index contributed by atoms with van der Waals surface area (Å²) in [5.74, 6) is -2.18. The average molecular weight is 467 g/mol. The first-order valence-electron chi connectivity index (χ1n) is 10.1. The zero-order chi connectivity index (χ0) is 23.8. The molecule has 178 valence electrons. The molecule has 0 aliphatic carbocycles. The van der Waals surface area contributed by atoms with Crippen molar-refractivity contribution in [3.63, 3.8) is 0 Å². The molecule has 1 saturated heterocycles. The Morgan fingerprint density at radius 3 is 2.47 bits per heavy atom. The van der Waals surface area contributed by atoms with E-state index < -0.39 is 53.6 Å². The Hall–Kier alpha value is -2.44. The highest BCUT2D eigenvalue weighted by molar-refractivity contribution is 5.78. The molecule has 0 saturated carbocycles. The molecule has 0 aromatic carbocycles. The van der Waals surface area contributed by atoms with E-state index in [1.807, 2.05) is 6.92 Å². The molecule has 7 nitrogen and oxygen atoms in total. The van der Waals surface area contributed by atoms with Crippen molar-refractivity contribution in [1.82, 2.24) is 19.8 Å². The molecule has 3 rings (SSSR count). The monoisotopic (exact) mass is 467 g/mol. The number of alkyl halides is 6. The topological polar surface area (TPSA) is 92.4 Å². The van der Waals surface area contributed by atoms with Gasteiger partial charge in [0.25, 0.3) is 0 Å². The van der Waals surface area contributed by atoms with Crippen LogP contribution in [0.5, 0.6) is 0 Å². The molecule has 13 heteroatoms. The van der Waals surface area contributed by atoms with Crippen LogP contribution in [0.3, 0.4) is 0 Å². The smallest absolute Gasteiger partial charge is 0.341 e. The number of hydrogen-bond donors (Lipinski definition) is 1. The number of piperidine rings is 1. The molecule has 0 radical (unpaired) electrons. The number of carbonyl (C=O) groups excluding carboxylic acids is 2. The highest BCUT2D eigenvalue weighted by Gasteiger charge is 2.43. The molecule has 2 amide bonds. The van der Waals surface area contributed by atoms with Gasteiger partial charge in [0.15, 0.2) is 5.69 Å². The summed E-state index contributed by atoms with van der Waals surface area (Å²) in [7, 11) is 0. The van der Waals surface area contributed by atoms with Crippen LogP contribution in [-0.4, -0.2) is 57.3 Å². The summed E-state index contributed by atoms with van der Waals surface area (Å²) < 4.78 is 78.8. The summed E-state index contributed by atoms with van der Waals surface area (Å²) in [6, 6.07) is -0.708. The number of fused-ring (bicyclic) bond motifs is 1. The van der Waals surface area contributed by atoms with Crippen molar-refractivity contribution in [2.24, 2.45) is 11.7 Å². The summed E-state index contributed by atoms with van der Waals surface area (Å²) in [5.41, 5.74) is 3.47. The van der Waals surface area contributed by atoms with Gasteiger partial charge >= 0.3 is 12.4 Å². The fraction of sp³-hybridized carbons (Fsp3) is 0.684. The molecular weight excluding hydrogens is 444 g/mol. The van der Waals surface area contributed by atoms with Gasteiger partial charge in [0, 0.05) is 44.1 Å².